The average Bonchev–Trinajstić information content (AvgIpc) is 2.11. The van der Waals surface area contributed by atoms with Gasteiger partial charge in [-0.3, -0.25) is 0 Å². The number of benzene rings is 1. The Balaban J connectivity index is 3.09. The first-order valence-electron chi connectivity index (χ1n) is 3.88. The zero-order chi connectivity index (χ0) is 9.84. The van der Waals surface area contributed by atoms with Crippen LogP contribution in [0.15, 0.2) is 12.1 Å². The highest BCUT2D eigenvalue weighted by atomic mass is 35.5. The van der Waals surface area contributed by atoms with Crippen molar-refractivity contribution in [2.24, 2.45) is 0 Å². The first kappa shape index (κ1) is 10.2. The zero-order valence-electron chi connectivity index (χ0n) is 7.60. The van der Waals surface area contributed by atoms with E-state index < -0.39 is 0 Å². The minimum atomic E-state index is -0.143. The Morgan fingerprint density at radius 3 is 2.77 bits per heavy atom. The van der Waals surface area contributed by atoms with E-state index in [2.05, 4.69) is 5.32 Å². The third-order valence-corrected chi connectivity index (χ3v) is 2.16. The van der Waals surface area contributed by atoms with Crippen molar-refractivity contribution in [3.63, 3.8) is 0 Å². The second-order valence-corrected chi connectivity index (χ2v) is 3.04. The molecule has 0 heterocycles. The molecule has 0 aliphatic carbocycles. The maximum Gasteiger partial charge on any atom is 0.142 e. The van der Waals surface area contributed by atoms with Gasteiger partial charge in [-0.15, -0.1) is 0 Å². The molecule has 1 aromatic rings. The number of aliphatic hydroxyl groups is 1. The van der Waals surface area contributed by atoms with Crippen molar-refractivity contribution in [3.05, 3.63) is 22.7 Å². The number of methoxy groups -OCH3 is 1. The summed E-state index contributed by atoms with van der Waals surface area (Å²) in [4.78, 5) is 0. The highest BCUT2D eigenvalue weighted by Crippen LogP contribution is 2.30. The smallest absolute Gasteiger partial charge is 0.142 e. The molecule has 0 bridgehead atoms. The Morgan fingerprint density at radius 2 is 2.23 bits per heavy atom. The lowest BCUT2D eigenvalue weighted by atomic mass is 10.2. The van der Waals surface area contributed by atoms with Gasteiger partial charge in [0.15, 0.2) is 0 Å². The standard InChI is InChI=1S/C9H12ClNO2/c1-6-3-9(13-2)8(11-5-12)4-7(6)10/h3-4,11-12H,5H2,1-2H3. The molecule has 0 atom stereocenters. The summed E-state index contributed by atoms with van der Waals surface area (Å²) < 4.78 is 5.10. The molecule has 0 radical (unpaired) electrons. The highest BCUT2D eigenvalue weighted by molar-refractivity contribution is 6.31. The molecule has 0 aliphatic rings. The van der Waals surface area contributed by atoms with Crippen LogP contribution in [0.25, 0.3) is 0 Å². The van der Waals surface area contributed by atoms with Crippen LogP contribution >= 0.6 is 11.6 Å². The zero-order valence-corrected chi connectivity index (χ0v) is 8.35. The molecule has 1 rings (SSSR count). The lowest BCUT2D eigenvalue weighted by Gasteiger charge is -2.10. The predicted octanol–water partition coefficient (Wildman–Crippen LogP) is 2.02. The first-order valence-corrected chi connectivity index (χ1v) is 4.25. The molecular formula is C9H12ClNO2. The fourth-order valence-corrected chi connectivity index (χ4v) is 1.21. The molecule has 72 valence electrons. The second-order valence-electron chi connectivity index (χ2n) is 2.64. The van der Waals surface area contributed by atoms with Crippen molar-refractivity contribution in [1.29, 1.82) is 0 Å². The van der Waals surface area contributed by atoms with Crippen LogP contribution in [-0.4, -0.2) is 18.9 Å². The average molecular weight is 202 g/mol. The molecule has 0 spiro atoms. The molecule has 0 saturated carbocycles. The van der Waals surface area contributed by atoms with Gasteiger partial charge in [0.05, 0.1) is 12.8 Å². The van der Waals surface area contributed by atoms with Crippen LogP contribution in [0.4, 0.5) is 5.69 Å². The summed E-state index contributed by atoms with van der Waals surface area (Å²) in [6.45, 7) is 1.75. The van der Waals surface area contributed by atoms with E-state index in [0.29, 0.717) is 16.5 Å². The van der Waals surface area contributed by atoms with Gasteiger partial charge in [-0.1, -0.05) is 11.6 Å². The summed E-state index contributed by atoms with van der Waals surface area (Å²) in [6, 6.07) is 3.55. The van der Waals surface area contributed by atoms with Crippen molar-refractivity contribution < 1.29 is 9.84 Å². The second kappa shape index (κ2) is 4.35. The molecular weight excluding hydrogens is 190 g/mol. The van der Waals surface area contributed by atoms with Gasteiger partial charge in [-0.05, 0) is 24.6 Å². The number of hydrogen-bond donors (Lipinski definition) is 2. The molecule has 0 amide bonds. The number of nitrogens with one attached hydrogen (secondary N) is 1. The minimum absolute atomic E-state index is 0.143. The molecule has 0 unspecified atom stereocenters. The van der Waals surface area contributed by atoms with Crippen molar-refractivity contribution in [3.8, 4) is 5.75 Å². The first-order chi connectivity index (χ1) is 6.19. The third-order valence-electron chi connectivity index (χ3n) is 1.75. The van der Waals surface area contributed by atoms with Crippen molar-refractivity contribution in [1.82, 2.24) is 0 Å². The molecule has 1 aromatic carbocycles. The molecule has 0 saturated heterocycles. The number of aryl methyl sites for hydroxylation is 1. The van der Waals surface area contributed by atoms with Gasteiger partial charge in [0.1, 0.15) is 12.5 Å². The third kappa shape index (κ3) is 2.26. The summed E-state index contributed by atoms with van der Waals surface area (Å²) in [5.74, 6) is 0.677. The van der Waals surface area contributed by atoms with Crippen molar-refractivity contribution in [2.45, 2.75) is 6.92 Å². The maximum atomic E-state index is 8.69. The molecule has 13 heavy (non-hydrogen) atoms. The van der Waals surface area contributed by atoms with Crippen molar-refractivity contribution >= 4 is 17.3 Å². The Labute approximate surface area is 82.3 Å². The van der Waals surface area contributed by atoms with Gasteiger partial charge >= 0.3 is 0 Å². The largest absolute Gasteiger partial charge is 0.495 e. The van der Waals surface area contributed by atoms with E-state index in [9.17, 15) is 0 Å². The molecule has 0 fully saturated rings. The van der Waals surface area contributed by atoms with Crippen LogP contribution in [0.3, 0.4) is 0 Å². The normalized spacial score (nSPS) is 9.85. The summed E-state index contributed by atoms with van der Waals surface area (Å²) in [6.07, 6.45) is 0. The summed E-state index contributed by atoms with van der Waals surface area (Å²) in [7, 11) is 1.57. The predicted molar refractivity (Wildman–Crippen MR) is 53.4 cm³/mol. The summed E-state index contributed by atoms with van der Waals surface area (Å²) in [5.41, 5.74) is 1.64. The molecule has 3 nitrogen and oxygen atoms in total. The van der Waals surface area contributed by atoms with Gasteiger partial charge in [0.2, 0.25) is 0 Å². The quantitative estimate of drug-likeness (QED) is 0.736. The van der Waals surface area contributed by atoms with Crippen LogP contribution in [-0.2, 0) is 0 Å². The molecule has 2 N–H and O–H groups in total. The number of hydrogen-bond acceptors (Lipinski definition) is 3. The van der Waals surface area contributed by atoms with Crippen LogP contribution in [0, 0.1) is 6.92 Å². The van der Waals surface area contributed by atoms with Gasteiger partial charge in [-0.25, -0.2) is 0 Å². The van der Waals surface area contributed by atoms with Gasteiger partial charge in [0.25, 0.3) is 0 Å². The van der Waals surface area contributed by atoms with Crippen LogP contribution in [0.5, 0.6) is 5.75 Å². The van der Waals surface area contributed by atoms with Crippen LogP contribution in [0.1, 0.15) is 5.56 Å². The number of halogens is 1. The van der Waals surface area contributed by atoms with Crippen molar-refractivity contribution in [2.75, 3.05) is 19.2 Å². The van der Waals surface area contributed by atoms with E-state index in [0.717, 1.165) is 5.56 Å². The van der Waals surface area contributed by atoms with E-state index in [1.807, 2.05) is 13.0 Å². The SMILES string of the molecule is COc1cc(C)c(Cl)cc1NCO. The van der Waals surface area contributed by atoms with Gasteiger partial charge in [-0.2, -0.15) is 0 Å². The Hall–Kier alpha value is -0.930. The highest BCUT2D eigenvalue weighted by Gasteiger charge is 2.05. The van der Waals surface area contributed by atoms with E-state index in [1.165, 1.54) is 0 Å². The molecule has 0 aliphatic heterocycles. The topological polar surface area (TPSA) is 41.5 Å². The van der Waals surface area contributed by atoms with E-state index in [4.69, 9.17) is 21.4 Å². The Bertz CT molecular complexity index is 302. The fraction of sp³-hybridized carbons (Fsp3) is 0.333. The Morgan fingerprint density at radius 1 is 1.54 bits per heavy atom. The van der Waals surface area contributed by atoms with Gasteiger partial charge in [0, 0.05) is 5.02 Å². The van der Waals surface area contributed by atoms with Crippen LogP contribution in [0.2, 0.25) is 5.02 Å². The van der Waals surface area contributed by atoms with E-state index in [-0.39, 0.29) is 6.73 Å². The number of anilines is 1. The number of rotatable bonds is 3. The molecule has 4 heteroatoms. The fourth-order valence-electron chi connectivity index (χ4n) is 1.05. The minimum Gasteiger partial charge on any atom is -0.495 e. The molecule has 0 aromatic heterocycles. The number of aliphatic hydroxyl groups excluding tert-OH is 1. The lowest BCUT2D eigenvalue weighted by Crippen LogP contribution is -2.01. The maximum absolute atomic E-state index is 8.69. The van der Waals surface area contributed by atoms with Crippen LogP contribution < -0.4 is 10.1 Å². The summed E-state index contributed by atoms with van der Waals surface area (Å²) in [5, 5.41) is 12.1. The lowest BCUT2D eigenvalue weighted by molar-refractivity contribution is 0.324. The number of ether oxygens (including phenoxy) is 1. The van der Waals surface area contributed by atoms with E-state index in [1.54, 1.807) is 13.2 Å². The van der Waals surface area contributed by atoms with E-state index >= 15 is 0 Å². The van der Waals surface area contributed by atoms with Gasteiger partial charge < -0.3 is 15.2 Å². The Kier molecular flexibility index (Phi) is 3.39. The monoisotopic (exact) mass is 201 g/mol. The summed E-state index contributed by atoms with van der Waals surface area (Å²) >= 11 is 5.90.